The highest BCUT2D eigenvalue weighted by molar-refractivity contribution is 6.17. The van der Waals surface area contributed by atoms with E-state index in [0.29, 0.717) is 40.5 Å². The van der Waals surface area contributed by atoms with Crippen molar-refractivity contribution in [1.82, 2.24) is 5.32 Å². The molecule has 8 nitrogen and oxygen atoms in total. The first kappa shape index (κ1) is 21.3. The summed E-state index contributed by atoms with van der Waals surface area (Å²) in [6.07, 6.45) is 4.62. The molecule has 2 aromatic rings. The summed E-state index contributed by atoms with van der Waals surface area (Å²) >= 11 is 0. The number of aliphatic hydroxyl groups is 1. The van der Waals surface area contributed by atoms with E-state index in [4.69, 9.17) is 14.5 Å². The van der Waals surface area contributed by atoms with Crippen LogP contribution in [0.4, 0.5) is 0 Å². The van der Waals surface area contributed by atoms with Crippen LogP contribution in [0.5, 0.6) is 11.5 Å². The fraction of sp³-hybridized carbons (Fsp3) is 0.208. The highest BCUT2D eigenvalue weighted by Crippen LogP contribution is 2.27. The van der Waals surface area contributed by atoms with Crippen LogP contribution in [-0.2, 0) is 4.74 Å². The van der Waals surface area contributed by atoms with Crippen molar-refractivity contribution in [3.8, 4) is 11.5 Å². The van der Waals surface area contributed by atoms with Gasteiger partial charge in [0.05, 0.1) is 25.9 Å². The molecule has 1 aliphatic carbocycles. The first-order chi connectivity index (χ1) is 15.5. The number of carbonyl (C=O) groups is 1. The van der Waals surface area contributed by atoms with E-state index in [1.54, 1.807) is 48.5 Å². The Bertz CT molecular complexity index is 1170. The molecular formula is C24H23N3O5. The number of hydrogen-bond donors (Lipinski definition) is 3. The summed E-state index contributed by atoms with van der Waals surface area (Å²) in [5, 5.41) is 24.0. The van der Waals surface area contributed by atoms with Gasteiger partial charge in [-0.15, -0.1) is 0 Å². The first-order valence-corrected chi connectivity index (χ1v) is 10.0. The number of amidine groups is 2. The third-order valence-corrected chi connectivity index (χ3v) is 5.25. The highest BCUT2D eigenvalue weighted by Gasteiger charge is 2.27. The summed E-state index contributed by atoms with van der Waals surface area (Å²) in [6, 6.07) is 11.8. The zero-order valence-electron chi connectivity index (χ0n) is 17.6. The molecule has 164 valence electrons. The maximum Gasteiger partial charge on any atom is 0.341 e. The number of hydrogen-bond acceptors (Lipinski definition) is 8. The second kappa shape index (κ2) is 9.07. The first-order valence-electron chi connectivity index (χ1n) is 10.0. The number of aliphatic imine (C=N–C) groups is 2. The molecule has 0 bridgehead atoms. The average Bonchev–Trinajstić information content (AvgIpc) is 2.83. The Morgan fingerprint density at radius 3 is 2.62 bits per heavy atom. The number of carbonyl (C=O) groups excluding carboxylic acids is 1. The second-order valence-electron chi connectivity index (χ2n) is 7.22. The molecule has 32 heavy (non-hydrogen) atoms. The zero-order valence-corrected chi connectivity index (χ0v) is 17.6. The van der Waals surface area contributed by atoms with Crippen molar-refractivity contribution >= 4 is 17.6 Å². The van der Waals surface area contributed by atoms with Crippen LogP contribution in [0.1, 0.15) is 27.9 Å². The number of aliphatic hydroxyl groups excluding tert-OH is 1. The van der Waals surface area contributed by atoms with Gasteiger partial charge in [0.25, 0.3) is 0 Å². The van der Waals surface area contributed by atoms with Crippen LogP contribution in [0.3, 0.4) is 0 Å². The molecule has 2 aliphatic rings. The molecule has 0 aromatic heterocycles. The molecule has 1 heterocycles. The maximum absolute atomic E-state index is 12.0. The van der Waals surface area contributed by atoms with Crippen LogP contribution in [-0.4, -0.2) is 54.3 Å². The molecule has 0 spiro atoms. The maximum atomic E-state index is 12.0. The van der Waals surface area contributed by atoms with Crippen LogP contribution in [0.15, 0.2) is 76.3 Å². The van der Waals surface area contributed by atoms with Crippen molar-refractivity contribution in [3.05, 3.63) is 83.0 Å². The fourth-order valence-electron chi connectivity index (χ4n) is 3.57. The van der Waals surface area contributed by atoms with Crippen LogP contribution in [0, 0.1) is 0 Å². The van der Waals surface area contributed by atoms with E-state index in [1.165, 1.54) is 14.2 Å². The third-order valence-electron chi connectivity index (χ3n) is 5.25. The molecule has 8 heteroatoms. The molecule has 2 atom stereocenters. The van der Waals surface area contributed by atoms with E-state index < -0.39 is 18.2 Å². The lowest BCUT2D eigenvalue weighted by Gasteiger charge is -2.26. The lowest BCUT2D eigenvalue weighted by atomic mass is 9.98. The van der Waals surface area contributed by atoms with E-state index in [-0.39, 0.29) is 11.3 Å². The third kappa shape index (κ3) is 4.13. The lowest BCUT2D eigenvalue weighted by Crippen LogP contribution is -2.39. The summed E-state index contributed by atoms with van der Waals surface area (Å²) in [5.74, 6) is 0.762. The van der Waals surface area contributed by atoms with E-state index in [1.807, 2.05) is 12.2 Å². The minimum atomic E-state index is -0.710. The van der Waals surface area contributed by atoms with Gasteiger partial charge in [-0.05, 0) is 30.7 Å². The Morgan fingerprint density at radius 1 is 1.12 bits per heavy atom. The fourth-order valence-corrected chi connectivity index (χ4v) is 3.57. The molecule has 4 rings (SSSR count). The Hall–Kier alpha value is -3.91. The van der Waals surface area contributed by atoms with Crippen LogP contribution < -0.4 is 10.1 Å². The Morgan fingerprint density at radius 2 is 1.91 bits per heavy atom. The number of phenols is 1. The minimum Gasteiger partial charge on any atom is -0.507 e. The number of esters is 1. The molecule has 0 fully saturated rings. The zero-order chi connectivity index (χ0) is 22.7. The van der Waals surface area contributed by atoms with E-state index >= 15 is 0 Å². The number of rotatable bonds is 5. The van der Waals surface area contributed by atoms with E-state index in [9.17, 15) is 15.0 Å². The van der Waals surface area contributed by atoms with Gasteiger partial charge in [0, 0.05) is 11.1 Å². The lowest BCUT2D eigenvalue weighted by molar-refractivity contribution is 0.0597. The molecule has 0 amide bonds. The van der Waals surface area contributed by atoms with Crippen molar-refractivity contribution < 1.29 is 24.5 Å². The SMILES string of the molecule is COC(=O)c1ccc(C2=NC(C3=CC=CCC3O)N=C(c3ccccc3O)N2)cc1OC. The van der Waals surface area contributed by atoms with Crippen LogP contribution in [0.25, 0.3) is 0 Å². The van der Waals surface area contributed by atoms with Crippen molar-refractivity contribution in [2.45, 2.75) is 18.7 Å². The van der Waals surface area contributed by atoms with Gasteiger partial charge in [0.2, 0.25) is 0 Å². The highest BCUT2D eigenvalue weighted by atomic mass is 16.5. The standard InChI is InChI=1S/C24H23N3O5/c1-31-20-13-14(11-12-17(20)24(30)32-2)21-25-22(15-7-3-5-9-18(15)28)27-23(26-21)16-8-4-6-10-19(16)29/h3-9,11-13,19,23,28-29H,10H2,1-2H3,(H,25,26,27). The van der Waals surface area contributed by atoms with Crippen molar-refractivity contribution in [1.29, 1.82) is 0 Å². The summed E-state index contributed by atoms with van der Waals surface area (Å²) in [7, 11) is 2.77. The largest absolute Gasteiger partial charge is 0.507 e. The minimum absolute atomic E-state index is 0.0652. The summed E-state index contributed by atoms with van der Waals surface area (Å²) in [4.78, 5) is 21.4. The molecule has 2 aromatic carbocycles. The second-order valence-corrected chi connectivity index (χ2v) is 7.22. The molecule has 0 saturated heterocycles. The quantitative estimate of drug-likeness (QED) is 0.625. The predicted molar refractivity (Wildman–Crippen MR) is 120 cm³/mol. The number of phenolic OH excluding ortho intramolecular Hbond substituents is 1. The summed E-state index contributed by atoms with van der Waals surface area (Å²) in [6.45, 7) is 0. The van der Waals surface area contributed by atoms with E-state index in [0.717, 1.165) is 0 Å². The predicted octanol–water partition coefficient (Wildman–Crippen LogP) is 2.56. The van der Waals surface area contributed by atoms with Crippen molar-refractivity contribution in [2.75, 3.05) is 14.2 Å². The van der Waals surface area contributed by atoms with Gasteiger partial charge >= 0.3 is 5.97 Å². The van der Waals surface area contributed by atoms with Gasteiger partial charge in [-0.3, -0.25) is 0 Å². The monoisotopic (exact) mass is 433 g/mol. The molecule has 1 aliphatic heterocycles. The smallest absolute Gasteiger partial charge is 0.341 e. The average molecular weight is 433 g/mol. The molecular weight excluding hydrogens is 410 g/mol. The number of nitrogens with zero attached hydrogens (tertiary/aromatic N) is 2. The number of methoxy groups -OCH3 is 2. The Balaban J connectivity index is 1.79. The van der Waals surface area contributed by atoms with Gasteiger partial charge in [-0.2, -0.15) is 0 Å². The van der Waals surface area contributed by atoms with Gasteiger partial charge in [0.15, 0.2) is 6.17 Å². The molecule has 0 radical (unpaired) electrons. The number of ether oxygens (including phenoxy) is 2. The topological polar surface area (TPSA) is 113 Å². The Kier molecular flexibility index (Phi) is 6.04. The molecule has 3 N–H and O–H groups in total. The number of nitrogens with one attached hydrogen (secondary N) is 1. The van der Waals surface area contributed by atoms with Gasteiger partial charge in [-0.25, -0.2) is 14.8 Å². The van der Waals surface area contributed by atoms with Gasteiger partial charge in [0.1, 0.15) is 28.7 Å². The molecule has 0 saturated carbocycles. The number of para-hydroxylation sites is 1. The summed E-state index contributed by atoms with van der Waals surface area (Å²) in [5.41, 5.74) is 2.09. The van der Waals surface area contributed by atoms with E-state index in [2.05, 4.69) is 10.3 Å². The molecule has 2 unspecified atom stereocenters. The number of benzene rings is 2. The normalized spacial score (nSPS) is 19.9. The Labute approximate surface area is 185 Å². The number of aromatic hydroxyl groups is 1. The van der Waals surface area contributed by atoms with Crippen LogP contribution >= 0.6 is 0 Å². The van der Waals surface area contributed by atoms with Crippen molar-refractivity contribution in [2.24, 2.45) is 9.98 Å². The number of allylic oxidation sites excluding steroid dienone is 2. The van der Waals surface area contributed by atoms with Gasteiger partial charge < -0.3 is 25.0 Å². The van der Waals surface area contributed by atoms with Crippen LogP contribution in [0.2, 0.25) is 0 Å². The van der Waals surface area contributed by atoms with Crippen molar-refractivity contribution in [3.63, 3.8) is 0 Å². The van der Waals surface area contributed by atoms with Gasteiger partial charge in [-0.1, -0.05) is 36.4 Å². The summed E-state index contributed by atoms with van der Waals surface area (Å²) < 4.78 is 10.2.